The molecule has 1 aliphatic rings. The molecule has 6 heteroatoms. The molecular formula is C15H16N2O3S. The molecule has 1 fully saturated rings. The van der Waals surface area contributed by atoms with E-state index in [2.05, 4.69) is 5.48 Å². The van der Waals surface area contributed by atoms with Crippen LogP contribution < -0.4 is 5.48 Å². The number of rotatable bonds is 6. The average Bonchev–Trinajstić information content (AvgIpc) is 3.30. The van der Waals surface area contributed by atoms with Crippen molar-refractivity contribution < 1.29 is 13.3 Å². The highest BCUT2D eigenvalue weighted by Gasteiger charge is 2.44. The van der Waals surface area contributed by atoms with Crippen molar-refractivity contribution in [2.45, 2.75) is 17.7 Å². The van der Waals surface area contributed by atoms with Gasteiger partial charge in [-0.25, -0.2) is 8.42 Å². The number of hydrogen-bond acceptors (Lipinski definition) is 4. The summed E-state index contributed by atoms with van der Waals surface area (Å²) in [5, 5.41) is 0. The maximum Gasteiger partial charge on any atom is 0.244 e. The molecule has 2 unspecified atom stereocenters. The van der Waals surface area contributed by atoms with Gasteiger partial charge >= 0.3 is 0 Å². The van der Waals surface area contributed by atoms with Gasteiger partial charge in [-0.2, -0.15) is 9.79 Å². The quantitative estimate of drug-likeness (QED) is 0.652. The van der Waals surface area contributed by atoms with Gasteiger partial charge in [-0.15, -0.1) is 0 Å². The molecule has 2 atom stereocenters. The van der Waals surface area contributed by atoms with Crippen LogP contribution in [0.4, 0.5) is 0 Å². The van der Waals surface area contributed by atoms with Crippen molar-refractivity contribution in [3.8, 4) is 0 Å². The number of benzene rings is 2. The first-order valence-electron chi connectivity index (χ1n) is 6.66. The van der Waals surface area contributed by atoms with Crippen LogP contribution in [0, 0.1) is 0 Å². The molecule has 1 aliphatic heterocycles. The van der Waals surface area contributed by atoms with Gasteiger partial charge in [0.05, 0.1) is 11.5 Å². The molecule has 0 saturated carbocycles. The summed E-state index contributed by atoms with van der Waals surface area (Å²) in [5.41, 5.74) is 3.81. The normalized spacial score (nSPS) is 21.1. The minimum absolute atomic E-state index is 0.293. The van der Waals surface area contributed by atoms with Crippen LogP contribution in [0.2, 0.25) is 0 Å². The molecule has 1 saturated heterocycles. The molecule has 2 aromatic carbocycles. The van der Waals surface area contributed by atoms with E-state index < -0.39 is 10.0 Å². The van der Waals surface area contributed by atoms with Crippen molar-refractivity contribution in [1.29, 1.82) is 0 Å². The summed E-state index contributed by atoms with van der Waals surface area (Å²) in [4.78, 5) is 5.65. The van der Waals surface area contributed by atoms with Crippen LogP contribution >= 0.6 is 0 Å². The van der Waals surface area contributed by atoms with E-state index in [0.29, 0.717) is 18.0 Å². The molecule has 1 heterocycles. The lowest BCUT2D eigenvalue weighted by Gasteiger charge is -2.08. The Kier molecular flexibility index (Phi) is 4.03. The first-order valence-corrected chi connectivity index (χ1v) is 8.10. The van der Waals surface area contributed by atoms with Crippen molar-refractivity contribution in [3.05, 3.63) is 66.2 Å². The summed E-state index contributed by atoms with van der Waals surface area (Å²) in [6, 6.07) is 18.1. The van der Waals surface area contributed by atoms with E-state index in [1.54, 1.807) is 30.3 Å². The molecular weight excluding hydrogens is 288 g/mol. The summed E-state index contributed by atoms with van der Waals surface area (Å²) in [7, 11) is -3.42. The third kappa shape index (κ3) is 3.30. The van der Waals surface area contributed by atoms with Gasteiger partial charge < -0.3 is 0 Å². The van der Waals surface area contributed by atoms with E-state index in [0.717, 1.165) is 5.56 Å². The van der Waals surface area contributed by atoms with Crippen molar-refractivity contribution in [2.24, 2.45) is 0 Å². The van der Waals surface area contributed by atoms with Gasteiger partial charge in [0.1, 0.15) is 6.17 Å². The topological polar surface area (TPSA) is 58.4 Å². The Morgan fingerprint density at radius 1 is 1.05 bits per heavy atom. The molecule has 21 heavy (non-hydrogen) atoms. The highest BCUT2D eigenvalue weighted by atomic mass is 32.2. The molecule has 5 nitrogen and oxygen atoms in total. The lowest BCUT2D eigenvalue weighted by Crippen LogP contribution is -2.25. The minimum atomic E-state index is -3.42. The third-order valence-electron chi connectivity index (χ3n) is 3.22. The second-order valence-electron chi connectivity index (χ2n) is 4.80. The van der Waals surface area contributed by atoms with Crippen LogP contribution in [0.25, 0.3) is 0 Å². The molecule has 0 aromatic heterocycles. The summed E-state index contributed by atoms with van der Waals surface area (Å²) >= 11 is 0. The largest absolute Gasteiger partial charge is 0.295 e. The molecule has 0 bridgehead atoms. The third-order valence-corrected chi connectivity index (χ3v) is 5.11. The molecule has 0 aliphatic carbocycles. The smallest absolute Gasteiger partial charge is 0.244 e. The Morgan fingerprint density at radius 2 is 1.67 bits per heavy atom. The Balaban J connectivity index is 1.53. The number of nitrogens with zero attached hydrogens (tertiary/aromatic N) is 1. The highest BCUT2D eigenvalue weighted by Crippen LogP contribution is 2.26. The molecule has 0 spiro atoms. The van der Waals surface area contributed by atoms with Gasteiger partial charge in [-0.1, -0.05) is 48.5 Å². The van der Waals surface area contributed by atoms with E-state index in [-0.39, 0.29) is 6.17 Å². The Hall–Kier alpha value is -1.73. The summed E-state index contributed by atoms with van der Waals surface area (Å²) in [5.74, 6) is 0. The zero-order valence-corrected chi connectivity index (χ0v) is 12.2. The standard InChI is InChI=1S/C15H16N2O3S/c18-21(19,14-9-5-2-6-10-14)17-11-15(17)16-20-12-13-7-3-1-4-8-13/h1-10,15-16H,11-12H2. The van der Waals surface area contributed by atoms with Gasteiger partial charge in [0.15, 0.2) is 0 Å². The maximum absolute atomic E-state index is 12.3. The van der Waals surface area contributed by atoms with Gasteiger partial charge in [0, 0.05) is 6.54 Å². The van der Waals surface area contributed by atoms with Crippen LogP contribution in [0.3, 0.4) is 0 Å². The highest BCUT2D eigenvalue weighted by molar-refractivity contribution is 7.89. The number of hydrogen-bond donors (Lipinski definition) is 1. The number of sulfonamides is 1. The SMILES string of the molecule is O=S(=O)(c1ccccc1)N1CC1NOCc1ccccc1. The predicted octanol–water partition coefficient (Wildman–Crippen LogP) is 1.74. The van der Waals surface area contributed by atoms with Crippen LogP contribution in [-0.4, -0.2) is 25.4 Å². The van der Waals surface area contributed by atoms with Crippen LogP contribution in [0.1, 0.15) is 5.56 Å². The van der Waals surface area contributed by atoms with Gasteiger partial charge in [-0.05, 0) is 17.7 Å². The predicted molar refractivity (Wildman–Crippen MR) is 78.5 cm³/mol. The lowest BCUT2D eigenvalue weighted by molar-refractivity contribution is 0.0181. The second-order valence-corrected chi connectivity index (χ2v) is 6.69. The van der Waals surface area contributed by atoms with Crippen LogP contribution in [0.15, 0.2) is 65.6 Å². The molecule has 3 rings (SSSR count). The molecule has 0 radical (unpaired) electrons. The van der Waals surface area contributed by atoms with E-state index in [9.17, 15) is 8.42 Å². The van der Waals surface area contributed by atoms with Gasteiger partial charge in [0.25, 0.3) is 0 Å². The van der Waals surface area contributed by atoms with E-state index in [1.165, 1.54) is 4.31 Å². The van der Waals surface area contributed by atoms with Crippen molar-refractivity contribution in [3.63, 3.8) is 0 Å². The lowest BCUT2D eigenvalue weighted by atomic mass is 10.2. The molecule has 1 N–H and O–H groups in total. The average molecular weight is 304 g/mol. The van der Waals surface area contributed by atoms with E-state index in [4.69, 9.17) is 4.84 Å². The molecule has 110 valence electrons. The Labute approximate surface area is 124 Å². The zero-order chi connectivity index (χ0) is 14.7. The first kappa shape index (κ1) is 14.2. The van der Waals surface area contributed by atoms with Crippen LogP contribution in [0.5, 0.6) is 0 Å². The van der Waals surface area contributed by atoms with Crippen LogP contribution in [-0.2, 0) is 21.5 Å². The zero-order valence-electron chi connectivity index (χ0n) is 11.3. The summed E-state index contributed by atoms with van der Waals surface area (Å²) in [6.45, 7) is 0.822. The summed E-state index contributed by atoms with van der Waals surface area (Å²) in [6.07, 6.45) is -0.293. The van der Waals surface area contributed by atoms with E-state index >= 15 is 0 Å². The maximum atomic E-state index is 12.3. The molecule has 0 amide bonds. The molecule has 2 aromatic rings. The van der Waals surface area contributed by atoms with Crippen molar-refractivity contribution in [1.82, 2.24) is 9.79 Å². The Morgan fingerprint density at radius 3 is 2.33 bits per heavy atom. The number of nitrogens with one attached hydrogen (secondary N) is 1. The fourth-order valence-electron chi connectivity index (χ4n) is 2.01. The van der Waals surface area contributed by atoms with E-state index in [1.807, 2.05) is 30.3 Å². The van der Waals surface area contributed by atoms with Crippen molar-refractivity contribution >= 4 is 10.0 Å². The monoisotopic (exact) mass is 304 g/mol. The van der Waals surface area contributed by atoms with Crippen molar-refractivity contribution in [2.75, 3.05) is 6.54 Å². The van der Waals surface area contributed by atoms with Gasteiger partial charge in [-0.3, -0.25) is 4.84 Å². The fourth-order valence-corrected chi connectivity index (χ4v) is 3.50. The fraction of sp³-hybridized carbons (Fsp3) is 0.200. The minimum Gasteiger partial charge on any atom is -0.295 e. The summed E-state index contributed by atoms with van der Waals surface area (Å²) < 4.78 is 25.9. The Bertz CT molecular complexity index is 689. The number of hydroxylamine groups is 1. The first-order chi connectivity index (χ1) is 10.2. The van der Waals surface area contributed by atoms with Gasteiger partial charge in [0.2, 0.25) is 10.0 Å². The second kappa shape index (κ2) is 5.95.